The summed E-state index contributed by atoms with van der Waals surface area (Å²) >= 11 is 3.53. The number of rotatable bonds is 5. The highest BCUT2D eigenvalue weighted by atomic mass is 79.9. The van der Waals surface area contributed by atoms with E-state index in [1.54, 1.807) is 0 Å². The molecule has 0 saturated heterocycles. The van der Waals surface area contributed by atoms with Crippen molar-refractivity contribution in [1.29, 1.82) is 0 Å². The van der Waals surface area contributed by atoms with Crippen LogP contribution >= 0.6 is 15.9 Å². The molecule has 1 fully saturated rings. The van der Waals surface area contributed by atoms with E-state index in [4.69, 9.17) is 0 Å². The summed E-state index contributed by atoms with van der Waals surface area (Å²) in [6.07, 6.45) is 4.51. The summed E-state index contributed by atoms with van der Waals surface area (Å²) in [5.41, 5.74) is 1.40. The van der Waals surface area contributed by atoms with Crippen LogP contribution in [0.15, 0.2) is 16.7 Å². The fourth-order valence-electron chi connectivity index (χ4n) is 2.19. The molecule has 1 aromatic rings. The Bertz CT molecular complexity index is 436. The molecule has 106 valence electrons. The molecule has 1 aliphatic rings. The molecule has 4 heteroatoms. The van der Waals surface area contributed by atoms with Gasteiger partial charge in [-0.1, -0.05) is 0 Å². The van der Waals surface area contributed by atoms with Crippen LogP contribution in [0.25, 0.3) is 0 Å². The lowest BCUT2D eigenvalue weighted by molar-refractivity contribution is 0.424. The second-order valence-corrected chi connectivity index (χ2v) is 7.17. The Kier molecular flexibility index (Phi) is 4.51. The van der Waals surface area contributed by atoms with Crippen LogP contribution in [0, 0.1) is 0 Å². The zero-order valence-corrected chi connectivity index (χ0v) is 13.9. The first kappa shape index (κ1) is 14.8. The molecule has 1 aromatic heterocycles. The Morgan fingerprint density at radius 2 is 2.11 bits per heavy atom. The summed E-state index contributed by atoms with van der Waals surface area (Å²) in [6, 6.07) is 2.89. The first-order chi connectivity index (χ1) is 8.90. The molecule has 1 aliphatic carbocycles. The monoisotopic (exact) mass is 325 g/mol. The van der Waals surface area contributed by atoms with E-state index >= 15 is 0 Å². The van der Waals surface area contributed by atoms with Gasteiger partial charge in [0.05, 0.1) is 0 Å². The quantitative estimate of drug-likeness (QED) is 0.894. The molecule has 0 unspecified atom stereocenters. The molecule has 1 saturated carbocycles. The van der Waals surface area contributed by atoms with Crippen LogP contribution < -0.4 is 10.2 Å². The Morgan fingerprint density at radius 3 is 2.63 bits per heavy atom. The number of hydrogen-bond acceptors (Lipinski definition) is 3. The van der Waals surface area contributed by atoms with Gasteiger partial charge in [0.2, 0.25) is 0 Å². The van der Waals surface area contributed by atoms with E-state index in [-0.39, 0.29) is 5.54 Å². The lowest BCUT2D eigenvalue weighted by Crippen LogP contribution is -2.36. The van der Waals surface area contributed by atoms with Gasteiger partial charge in [0.1, 0.15) is 5.82 Å². The van der Waals surface area contributed by atoms with Crippen LogP contribution in [0.4, 0.5) is 5.82 Å². The molecule has 3 nitrogen and oxygen atoms in total. The van der Waals surface area contributed by atoms with Crippen LogP contribution in [0.3, 0.4) is 0 Å². The summed E-state index contributed by atoms with van der Waals surface area (Å²) in [6.45, 7) is 10.7. The van der Waals surface area contributed by atoms with E-state index < -0.39 is 0 Å². The van der Waals surface area contributed by atoms with Gasteiger partial charge in [-0.3, -0.25) is 0 Å². The summed E-state index contributed by atoms with van der Waals surface area (Å²) in [5.74, 6) is 1.14. The van der Waals surface area contributed by atoms with Crippen molar-refractivity contribution in [1.82, 2.24) is 10.3 Å². The van der Waals surface area contributed by atoms with Gasteiger partial charge >= 0.3 is 0 Å². The van der Waals surface area contributed by atoms with Crippen molar-refractivity contribution in [3.8, 4) is 0 Å². The van der Waals surface area contributed by atoms with Crippen molar-refractivity contribution in [2.24, 2.45) is 0 Å². The van der Waals surface area contributed by atoms with Crippen molar-refractivity contribution in [3.63, 3.8) is 0 Å². The maximum atomic E-state index is 4.65. The van der Waals surface area contributed by atoms with Crippen LogP contribution in [0.2, 0.25) is 0 Å². The van der Waals surface area contributed by atoms with Gasteiger partial charge in [-0.15, -0.1) is 0 Å². The summed E-state index contributed by atoms with van der Waals surface area (Å²) < 4.78 is 1.05. The van der Waals surface area contributed by atoms with Crippen LogP contribution in [0.1, 0.15) is 46.1 Å². The molecule has 1 heterocycles. The molecule has 0 spiro atoms. The van der Waals surface area contributed by atoms with Gasteiger partial charge in [-0.25, -0.2) is 4.98 Å². The predicted molar refractivity (Wildman–Crippen MR) is 84.6 cm³/mol. The first-order valence-corrected chi connectivity index (χ1v) is 7.86. The molecule has 19 heavy (non-hydrogen) atoms. The van der Waals surface area contributed by atoms with E-state index in [0.29, 0.717) is 6.04 Å². The second-order valence-electron chi connectivity index (χ2n) is 6.26. The number of aromatic nitrogens is 1. The van der Waals surface area contributed by atoms with Crippen LogP contribution in [-0.2, 0) is 6.54 Å². The number of nitrogens with one attached hydrogen (secondary N) is 1. The average Bonchev–Trinajstić information content (AvgIpc) is 3.13. The number of nitrogens with zero attached hydrogens (tertiary/aromatic N) is 2. The number of pyridine rings is 1. The Labute approximate surface area is 124 Å². The minimum atomic E-state index is 0.121. The second kappa shape index (κ2) is 5.80. The average molecular weight is 326 g/mol. The van der Waals surface area contributed by atoms with Crippen molar-refractivity contribution in [2.45, 2.75) is 58.7 Å². The van der Waals surface area contributed by atoms with Gasteiger partial charge in [-0.05, 0) is 62.5 Å². The van der Waals surface area contributed by atoms with Crippen molar-refractivity contribution in [3.05, 3.63) is 22.3 Å². The van der Waals surface area contributed by atoms with Crippen molar-refractivity contribution >= 4 is 21.7 Å². The topological polar surface area (TPSA) is 28.2 Å². The fourth-order valence-corrected chi connectivity index (χ4v) is 2.57. The SMILES string of the molecule is CCN(c1ncc(Br)cc1CNC(C)(C)C)C1CC1. The third-order valence-corrected chi connectivity index (χ3v) is 3.75. The molecular weight excluding hydrogens is 302 g/mol. The van der Waals surface area contributed by atoms with E-state index in [1.165, 1.54) is 18.4 Å². The van der Waals surface area contributed by atoms with Gasteiger partial charge in [0, 0.05) is 40.9 Å². The number of hydrogen-bond donors (Lipinski definition) is 1. The van der Waals surface area contributed by atoms with Gasteiger partial charge in [0.25, 0.3) is 0 Å². The minimum Gasteiger partial charge on any atom is -0.354 e. The number of anilines is 1. The highest BCUT2D eigenvalue weighted by Gasteiger charge is 2.30. The van der Waals surface area contributed by atoms with Gasteiger partial charge in [-0.2, -0.15) is 0 Å². The molecule has 0 atom stereocenters. The summed E-state index contributed by atoms with van der Waals surface area (Å²) in [4.78, 5) is 7.09. The molecule has 1 N–H and O–H groups in total. The molecular formula is C15H24BrN3. The lowest BCUT2D eigenvalue weighted by Gasteiger charge is -2.26. The van der Waals surface area contributed by atoms with Gasteiger partial charge < -0.3 is 10.2 Å². The molecule has 0 aliphatic heterocycles. The van der Waals surface area contributed by atoms with E-state index in [9.17, 15) is 0 Å². The van der Waals surface area contributed by atoms with Gasteiger partial charge in [0.15, 0.2) is 0 Å². The smallest absolute Gasteiger partial charge is 0.133 e. The summed E-state index contributed by atoms with van der Waals surface area (Å²) in [7, 11) is 0. The zero-order chi connectivity index (χ0) is 14.0. The maximum absolute atomic E-state index is 4.65. The molecule has 0 amide bonds. The van der Waals surface area contributed by atoms with Crippen molar-refractivity contribution < 1.29 is 0 Å². The molecule has 0 aromatic carbocycles. The Hall–Kier alpha value is -0.610. The third kappa shape index (κ3) is 4.18. The fraction of sp³-hybridized carbons (Fsp3) is 0.667. The highest BCUT2D eigenvalue weighted by molar-refractivity contribution is 9.10. The standard InChI is InChI=1S/C15H24BrN3/c1-5-19(13-6-7-13)14-11(8-12(16)10-17-14)9-18-15(2,3)4/h8,10,13,18H,5-7,9H2,1-4H3. The maximum Gasteiger partial charge on any atom is 0.133 e. The van der Waals surface area contributed by atoms with Crippen LogP contribution in [-0.4, -0.2) is 23.1 Å². The molecule has 0 radical (unpaired) electrons. The lowest BCUT2D eigenvalue weighted by atomic mass is 10.1. The number of halogens is 1. The minimum absolute atomic E-state index is 0.121. The first-order valence-electron chi connectivity index (χ1n) is 7.07. The van der Waals surface area contributed by atoms with Crippen molar-refractivity contribution in [2.75, 3.05) is 11.4 Å². The van der Waals surface area contributed by atoms with Crippen LogP contribution in [0.5, 0.6) is 0 Å². The summed E-state index contributed by atoms with van der Waals surface area (Å²) in [5, 5.41) is 3.56. The predicted octanol–water partition coefficient (Wildman–Crippen LogP) is 3.72. The normalized spacial score (nSPS) is 15.6. The highest BCUT2D eigenvalue weighted by Crippen LogP contribution is 2.33. The zero-order valence-electron chi connectivity index (χ0n) is 12.3. The Balaban J connectivity index is 2.21. The Morgan fingerprint density at radius 1 is 1.42 bits per heavy atom. The van der Waals surface area contributed by atoms with E-state index in [1.807, 2.05) is 6.20 Å². The molecule has 2 rings (SSSR count). The van der Waals surface area contributed by atoms with E-state index in [0.717, 1.165) is 23.4 Å². The third-order valence-electron chi connectivity index (χ3n) is 3.32. The van der Waals surface area contributed by atoms with E-state index in [2.05, 4.69) is 64.9 Å². The largest absolute Gasteiger partial charge is 0.354 e. The molecule has 0 bridgehead atoms.